The predicted molar refractivity (Wildman–Crippen MR) is 125 cm³/mol. The van der Waals surface area contributed by atoms with Gasteiger partial charge in [-0.2, -0.15) is 0 Å². The SMILES string of the molecule is O=C1C(=O)N(c2cccc3ccccc23)C(c2ccco2)/C1=C(/O)c1ccc2c(c1)OCCO2. The van der Waals surface area contributed by atoms with Crippen molar-refractivity contribution < 1.29 is 28.6 Å². The molecule has 3 heterocycles. The van der Waals surface area contributed by atoms with Crippen LogP contribution in [0, 0.1) is 0 Å². The van der Waals surface area contributed by atoms with Gasteiger partial charge in [0.25, 0.3) is 11.7 Å². The van der Waals surface area contributed by atoms with Gasteiger partial charge in [-0.25, -0.2) is 0 Å². The van der Waals surface area contributed by atoms with Crippen molar-refractivity contribution in [1.82, 2.24) is 0 Å². The molecule has 0 radical (unpaired) electrons. The normalized spacial score (nSPS) is 19.1. The summed E-state index contributed by atoms with van der Waals surface area (Å²) in [5.41, 5.74) is 0.851. The number of rotatable bonds is 3. The van der Waals surface area contributed by atoms with Crippen LogP contribution in [0.15, 0.2) is 89.0 Å². The van der Waals surface area contributed by atoms with Crippen molar-refractivity contribution in [1.29, 1.82) is 0 Å². The van der Waals surface area contributed by atoms with Gasteiger partial charge in [0.1, 0.15) is 30.8 Å². The quantitative estimate of drug-likeness (QED) is 0.272. The van der Waals surface area contributed by atoms with Crippen molar-refractivity contribution in [3.63, 3.8) is 0 Å². The molecular formula is C27H19NO6. The maximum atomic E-state index is 13.4. The van der Waals surface area contributed by atoms with Gasteiger partial charge in [0.2, 0.25) is 0 Å². The van der Waals surface area contributed by atoms with Gasteiger partial charge in [-0.05, 0) is 41.8 Å². The summed E-state index contributed by atoms with van der Waals surface area (Å²) in [5.74, 6) is -0.445. The number of furan rings is 1. The summed E-state index contributed by atoms with van der Waals surface area (Å²) in [6.07, 6.45) is 1.47. The average molecular weight is 453 g/mol. The number of anilines is 1. The number of aliphatic hydroxyl groups is 1. The second kappa shape index (κ2) is 7.81. The van der Waals surface area contributed by atoms with E-state index in [0.29, 0.717) is 41.7 Å². The third-order valence-corrected chi connectivity index (χ3v) is 6.10. The number of fused-ring (bicyclic) bond motifs is 2. The molecule has 0 aliphatic carbocycles. The van der Waals surface area contributed by atoms with E-state index < -0.39 is 17.7 Å². The maximum absolute atomic E-state index is 13.4. The minimum Gasteiger partial charge on any atom is -0.507 e. The van der Waals surface area contributed by atoms with E-state index in [2.05, 4.69) is 0 Å². The lowest BCUT2D eigenvalue weighted by molar-refractivity contribution is -0.132. The van der Waals surface area contributed by atoms with Crippen LogP contribution in [0.1, 0.15) is 17.4 Å². The molecule has 4 aromatic rings. The number of benzene rings is 3. The lowest BCUT2D eigenvalue weighted by Gasteiger charge is -2.25. The number of ketones is 1. The molecule has 2 aliphatic rings. The first-order valence-corrected chi connectivity index (χ1v) is 10.9. The van der Waals surface area contributed by atoms with Gasteiger partial charge in [0.05, 0.1) is 17.5 Å². The average Bonchev–Trinajstić information content (AvgIpc) is 3.50. The Balaban J connectivity index is 1.56. The molecule has 3 aromatic carbocycles. The summed E-state index contributed by atoms with van der Waals surface area (Å²) in [6, 6.07) is 20.5. The zero-order valence-electron chi connectivity index (χ0n) is 17.9. The van der Waals surface area contributed by atoms with E-state index in [9.17, 15) is 14.7 Å². The third-order valence-electron chi connectivity index (χ3n) is 6.10. The van der Waals surface area contributed by atoms with E-state index in [1.807, 2.05) is 36.4 Å². The molecule has 34 heavy (non-hydrogen) atoms. The molecule has 6 rings (SSSR count). The fraction of sp³-hybridized carbons (Fsp3) is 0.111. The third kappa shape index (κ3) is 3.05. The summed E-state index contributed by atoms with van der Waals surface area (Å²) in [7, 11) is 0. The Morgan fingerprint density at radius 3 is 2.50 bits per heavy atom. The predicted octanol–water partition coefficient (Wildman–Crippen LogP) is 4.83. The summed E-state index contributed by atoms with van der Waals surface area (Å²) in [4.78, 5) is 28.1. The summed E-state index contributed by atoms with van der Waals surface area (Å²) in [6.45, 7) is 0.821. The van der Waals surface area contributed by atoms with Crippen molar-refractivity contribution >= 4 is 33.9 Å². The van der Waals surface area contributed by atoms with Crippen LogP contribution in [0.2, 0.25) is 0 Å². The Hall–Kier alpha value is -4.52. The molecule has 1 N–H and O–H groups in total. The topological polar surface area (TPSA) is 89.2 Å². The molecule has 1 fully saturated rings. The molecule has 1 unspecified atom stereocenters. The molecule has 1 saturated heterocycles. The molecule has 2 aliphatic heterocycles. The van der Waals surface area contributed by atoms with Crippen molar-refractivity contribution in [3.8, 4) is 11.5 Å². The molecule has 168 valence electrons. The fourth-order valence-corrected chi connectivity index (χ4v) is 4.56. The van der Waals surface area contributed by atoms with E-state index in [4.69, 9.17) is 13.9 Å². The number of hydrogen-bond acceptors (Lipinski definition) is 6. The summed E-state index contributed by atoms with van der Waals surface area (Å²) >= 11 is 0. The lowest BCUT2D eigenvalue weighted by atomic mass is 9.98. The zero-order chi connectivity index (χ0) is 23.2. The number of aliphatic hydroxyl groups excluding tert-OH is 1. The van der Waals surface area contributed by atoms with Crippen LogP contribution in [0.5, 0.6) is 11.5 Å². The second-order valence-corrected chi connectivity index (χ2v) is 8.04. The molecule has 1 aromatic heterocycles. The fourth-order valence-electron chi connectivity index (χ4n) is 4.56. The van der Waals surface area contributed by atoms with Gasteiger partial charge in [-0.1, -0.05) is 36.4 Å². The van der Waals surface area contributed by atoms with Crippen LogP contribution in [-0.4, -0.2) is 30.0 Å². The lowest BCUT2D eigenvalue weighted by Crippen LogP contribution is -2.29. The first-order chi connectivity index (χ1) is 16.6. The smallest absolute Gasteiger partial charge is 0.300 e. The Morgan fingerprint density at radius 1 is 0.882 bits per heavy atom. The number of Topliss-reactive ketones (excluding diaryl/α,β-unsaturated/α-hetero) is 1. The maximum Gasteiger partial charge on any atom is 0.300 e. The number of hydrogen-bond donors (Lipinski definition) is 1. The highest BCUT2D eigenvalue weighted by atomic mass is 16.6. The van der Waals surface area contributed by atoms with E-state index in [1.54, 1.807) is 36.4 Å². The van der Waals surface area contributed by atoms with Crippen molar-refractivity contribution in [2.45, 2.75) is 6.04 Å². The summed E-state index contributed by atoms with van der Waals surface area (Å²) in [5, 5.41) is 13.0. The van der Waals surface area contributed by atoms with Crippen molar-refractivity contribution in [3.05, 3.63) is 96.0 Å². The Kier molecular flexibility index (Phi) is 4.62. The van der Waals surface area contributed by atoms with Gasteiger partial charge in [-0.15, -0.1) is 0 Å². The molecule has 7 nitrogen and oxygen atoms in total. The van der Waals surface area contributed by atoms with Crippen LogP contribution in [0.25, 0.3) is 16.5 Å². The van der Waals surface area contributed by atoms with E-state index in [0.717, 1.165) is 10.8 Å². The molecule has 0 bridgehead atoms. The second-order valence-electron chi connectivity index (χ2n) is 8.04. The molecule has 0 spiro atoms. The highest BCUT2D eigenvalue weighted by Crippen LogP contribution is 2.45. The number of ether oxygens (including phenoxy) is 2. The Morgan fingerprint density at radius 2 is 1.68 bits per heavy atom. The van der Waals surface area contributed by atoms with Gasteiger partial charge in [0.15, 0.2) is 11.5 Å². The molecule has 7 heteroatoms. The minimum absolute atomic E-state index is 0.0513. The highest BCUT2D eigenvalue weighted by molar-refractivity contribution is 6.52. The molecular weight excluding hydrogens is 434 g/mol. The van der Waals surface area contributed by atoms with Crippen LogP contribution < -0.4 is 14.4 Å². The number of amides is 1. The van der Waals surface area contributed by atoms with Crippen LogP contribution >= 0.6 is 0 Å². The molecule has 1 amide bonds. The Labute approximate surface area is 194 Å². The molecule has 1 atom stereocenters. The van der Waals surface area contributed by atoms with Crippen molar-refractivity contribution in [2.24, 2.45) is 0 Å². The minimum atomic E-state index is -0.936. The van der Waals surface area contributed by atoms with Gasteiger partial charge < -0.3 is 19.0 Å². The van der Waals surface area contributed by atoms with Crippen LogP contribution in [0.4, 0.5) is 5.69 Å². The largest absolute Gasteiger partial charge is 0.507 e. The first kappa shape index (κ1) is 20.1. The van der Waals surface area contributed by atoms with E-state index >= 15 is 0 Å². The van der Waals surface area contributed by atoms with Crippen LogP contribution in [-0.2, 0) is 9.59 Å². The number of nitrogens with zero attached hydrogens (tertiary/aromatic N) is 1. The Bertz CT molecular complexity index is 1460. The summed E-state index contributed by atoms with van der Waals surface area (Å²) < 4.78 is 16.8. The van der Waals surface area contributed by atoms with Crippen LogP contribution in [0.3, 0.4) is 0 Å². The van der Waals surface area contributed by atoms with Gasteiger partial charge in [-0.3, -0.25) is 14.5 Å². The van der Waals surface area contributed by atoms with E-state index in [1.165, 1.54) is 11.2 Å². The highest BCUT2D eigenvalue weighted by Gasteiger charge is 2.48. The van der Waals surface area contributed by atoms with Gasteiger partial charge >= 0.3 is 0 Å². The standard InChI is InChI=1S/C27H19NO6/c29-25(17-10-11-20-22(15-17)34-14-13-33-20)23-24(21-9-4-12-32-21)28(27(31)26(23)30)19-8-3-6-16-5-1-2-7-18(16)19/h1-12,15,24,29H,13-14H2/b25-23-. The van der Waals surface area contributed by atoms with Crippen molar-refractivity contribution in [2.75, 3.05) is 18.1 Å². The monoisotopic (exact) mass is 453 g/mol. The number of carbonyl (C=O) groups excluding carboxylic acids is 2. The van der Waals surface area contributed by atoms with Gasteiger partial charge in [0, 0.05) is 10.9 Å². The first-order valence-electron chi connectivity index (χ1n) is 10.9. The van der Waals surface area contributed by atoms with E-state index in [-0.39, 0.29) is 11.3 Å². The number of carbonyl (C=O) groups is 2. The molecule has 0 saturated carbocycles. The zero-order valence-corrected chi connectivity index (χ0v) is 17.9.